The predicted molar refractivity (Wildman–Crippen MR) is 69.7 cm³/mol. The van der Waals surface area contributed by atoms with E-state index in [2.05, 4.69) is 45.9 Å². The van der Waals surface area contributed by atoms with E-state index < -0.39 is 0 Å². The van der Waals surface area contributed by atoms with E-state index in [1.54, 1.807) is 0 Å². The third-order valence-electron chi connectivity index (χ3n) is 2.85. The summed E-state index contributed by atoms with van der Waals surface area (Å²) in [7, 11) is 2.11. The number of hydrogen-bond acceptors (Lipinski definition) is 2. The molecule has 0 N–H and O–H groups in total. The monoisotopic (exact) mass is 274 g/mol. The Morgan fingerprint density at radius 3 is 2.47 bits per heavy atom. The molecule has 0 aromatic rings. The van der Waals surface area contributed by atoms with Crippen LogP contribution < -0.4 is 0 Å². The largest absolute Gasteiger partial charge is 0.358 e. The molecule has 0 radical (unpaired) electrons. The van der Waals surface area contributed by atoms with Gasteiger partial charge in [-0.05, 0) is 22.4 Å². The van der Waals surface area contributed by atoms with Gasteiger partial charge in [-0.1, -0.05) is 39.0 Å². The Hall–Kier alpha value is -0.180. The summed E-state index contributed by atoms with van der Waals surface area (Å²) in [6, 6.07) is 0. The van der Waals surface area contributed by atoms with E-state index in [-0.39, 0.29) is 0 Å². The lowest BCUT2D eigenvalue weighted by Crippen LogP contribution is -2.23. The van der Waals surface area contributed by atoms with E-state index in [9.17, 15) is 0 Å². The molecular weight excluding hydrogens is 252 g/mol. The van der Waals surface area contributed by atoms with Gasteiger partial charge in [0.1, 0.15) is 0 Å². The molecule has 1 aliphatic rings. The normalized spacial score (nSPS) is 16.1. The summed E-state index contributed by atoms with van der Waals surface area (Å²) in [6.07, 6.45) is 10.5. The van der Waals surface area contributed by atoms with Gasteiger partial charge >= 0.3 is 0 Å². The van der Waals surface area contributed by atoms with Crippen LogP contribution >= 0.6 is 15.9 Å². The second-order valence-electron chi connectivity index (χ2n) is 4.37. The zero-order valence-corrected chi connectivity index (χ0v) is 11.6. The smallest absolute Gasteiger partial charge is 0.0979 e. The molecule has 0 amide bonds. The van der Waals surface area contributed by atoms with Crippen LogP contribution in [-0.2, 0) is 0 Å². The first-order valence-electron chi connectivity index (χ1n) is 6.06. The van der Waals surface area contributed by atoms with Gasteiger partial charge in [-0.3, -0.25) is 0 Å². The van der Waals surface area contributed by atoms with Gasteiger partial charge in [0.15, 0.2) is 0 Å². The summed E-state index contributed by atoms with van der Waals surface area (Å²) in [5.74, 6) is 0. The molecule has 15 heavy (non-hydrogen) atoms. The number of hydrogen-bond donors (Lipinski definition) is 0. The van der Waals surface area contributed by atoms with Crippen molar-refractivity contribution in [2.45, 2.75) is 45.4 Å². The fourth-order valence-electron chi connectivity index (χ4n) is 1.86. The molecule has 0 aromatic carbocycles. The van der Waals surface area contributed by atoms with Crippen LogP contribution in [-0.4, -0.2) is 30.1 Å². The Balaban J connectivity index is 1.97. The van der Waals surface area contributed by atoms with Gasteiger partial charge in [-0.2, -0.15) is 0 Å². The average molecular weight is 275 g/mol. The SMILES string of the molecule is CCCCCCCCN1C=C(Br)N(C)C1. The molecule has 0 spiro atoms. The zero-order chi connectivity index (χ0) is 11.1. The summed E-state index contributed by atoms with van der Waals surface area (Å²) in [5.41, 5.74) is 0. The third-order valence-corrected chi connectivity index (χ3v) is 3.66. The first kappa shape index (κ1) is 12.9. The van der Waals surface area contributed by atoms with Crippen LogP contribution in [0.3, 0.4) is 0 Å². The van der Waals surface area contributed by atoms with Crippen LogP contribution in [0.4, 0.5) is 0 Å². The lowest BCUT2D eigenvalue weighted by molar-refractivity contribution is 0.289. The van der Waals surface area contributed by atoms with Crippen molar-refractivity contribution in [2.75, 3.05) is 20.3 Å². The Kier molecular flexibility index (Phi) is 6.15. The molecule has 0 aromatic heterocycles. The molecule has 0 bridgehead atoms. The molecule has 88 valence electrons. The second-order valence-corrected chi connectivity index (χ2v) is 5.18. The first-order valence-corrected chi connectivity index (χ1v) is 6.86. The zero-order valence-electron chi connectivity index (χ0n) is 10.0. The van der Waals surface area contributed by atoms with Crippen LogP contribution in [0.15, 0.2) is 10.8 Å². The molecule has 1 rings (SSSR count). The van der Waals surface area contributed by atoms with Crippen LogP contribution in [0.2, 0.25) is 0 Å². The summed E-state index contributed by atoms with van der Waals surface area (Å²) in [6.45, 7) is 4.50. The molecular formula is C12H23BrN2. The highest BCUT2D eigenvalue weighted by Gasteiger charge is 2.13. The maximum atomic E-state index is 3.53. The molecule has 0 aliphatic carbocycles. The minimum Gasteiger partial charge on any atom is -0.358 e. The van der Waals surface area contributed by atoms with E-state index in [1.807, 2.05) is 0 Å². The summed E-state index contributed by atoms with van der Waals surface area (Å²) >= 11 is 3.53. The molecule has 0 atom stereocenters. The van der Waals surface area contributed by atoms with E-state index in [1.165, 1.54) is 49.7 Å². The Labute approximate surface area is 102 Å². The average Bonchev–Trinajstić information content (AvgIpc) is 2.52. The summed E-state index contributed by atoms with van der Waals surface area (Å²) < 4.78 is 1.20. The standard InChI is InChI=1S/C12H23BrN2/c1-3-4-5-6-7-8-9-15-10-12(13)14(2)11-15/h10H,3-9,11H2,1-2H3. The number of rotatable bonds is 7. The van der Waals surface area contributed by atoms with Gasteiger partial charge in [0, 0.05) is 19.8 Å². The first-order chi connectivity index (χ1) is 7.24. The predicted octanol–water partition coefficient (Wildman–Crippen LogP) is 3.75. The van der Waals surface area contributed by atoms with Crippen molar-refractivity contribution in [1.82, 2.24) is 9.80 Å². The lowest BCUT2D eigenvalue weighted by atomic mass is 10.1. The van der Waals surface area contributed by atoms with Gasteiger partial charge in [-0.25, -0.2) is 0 Å². The number of halogens is 1. The highest BCUT2D eigenvalue weighted by molar-refractivity contribution is 9.11. The Morgan fingerprint density at radius 2 is 1.87 bits per heavy atom. The van der Waals surface area contributed by atoms with Gasteiger partial charge in [0.2, 0.25) is 0 Å². The fraction of sp³-hybridized carbons (Fsp3) is 0.833. The lowest BCUT2D eigenvalue weighted by Gasteiger charge is -2.18. The van der Waals surface area contributed by atoms with Crippen LogP contribution in [0, 0.1) is 0 Å². The summed E-state index contributed by atoms with van der Waals surface area (Å²) in [5, 5.41) is 0. The fourth-order valence-corrected chi connectivity index (χ4v) is 2.26. The van der Waals surface area contributed by atoms with E-state index in [0.717, 1.165) is 6.67 Å². The Bertz CT molecular complexity index is 204. The Morgan fingerprint density at radius 1 is 1.20 bits per heavy atom. The minimum atomic E-state index is 1.04. The van der Waals surface area contributed by atoms with Crippen molar-refractivity contribution >= 4 is 15.9 Å². The van der Waals surface area contributed by atoms with Crippen LogP contribution in [0.5, 0.6) is 0 Å². The molecule has 1 heterocycles. The van der Waals surface area contributed by atoms with Crippen molar-refractivity contribution in [3.63, 3.8) is 0 Å². The van der Waals surface area contributed by atoms with Crippen molar-refractivity contribution in [3.8, 4) is 0 Å². The maximum Gasteiger partial charge on any atom is 0.0979 e. The van der Waals surface area contributed by atoms with Crippen LogP contribution in [0.25, 0.3) is 0 Å². The van der Waals surface area contributed by atoms with Crippen molar-refractivity contribution < 1.29 is 0 Å². The highest BCUT2D eigenvalue weighted by atomic mass is 79.9. The summed E-state index contributed by atoms with van der Waals surface area (Å²) in [4.78, 5) is 4.60. The number of unbranched alkanes of at least 4 members (excludes halogenated alkanes) is 5. The molecule has 0 fully saturated rings. The van der Waals surface area contributed by atoms with Gasteiger partial charge in [0.25, 0.3) is 0 Å². The minimum absolute atomic E-state index is 1.04. The van der Waals surface area contributed by atoms with Crippen molar-refractivity contribution in [3.05, 3.63) is 10.8 Å². The second kappa shape index (κ2) is 7.15. The quantitative estimate of drug-likeness (QED) is 0.516. The van der Waals surface area contributed by atoms with Gasteiger partial charge in [-0.15, -0.1) is 0 Å². The third kappa shape index (κ3) is 4.92. The molecule has 3 heteroatoms. The molecule has 0 unspecified atom stereocenters. The van der Waals surface area contributed by atoms with E-state index in [0.29, 0.717) is 0 Å². The van der Waals surface area contributed by atoms with E-state index in [4.69, 9.17) is 0 Å². The van der Waals surface area contributed by atoms with E-state index >= 15 is 0 Å². The van der Waals surface area contributed by atoms with Gasteiger partial charge < -0.3 is 9.80 Å². The van der Waals surface area contributed by atoms with Crippen LogP contribution in [0.1, 0.15) is 45.4 Å². The maximum absolute atomic E-state index is 3.53. The molecule has 0 saturated carbocycles. The highest BCUT2D eigenvalue weighted by Crippen LogP contribution is 2.19. The molecule has 2 nitrogen and oxygen atoms in total. The molecule has 0 saturated heterocycles. The molecule has 1 aliphatic heterocycles. The number of nitrogens with zero attached hydrogens (tertiary/aromatic N) is 2. The topological polar surface area (TPSA) is 6.48 Å². The van der Waals surface area contributed by atoms with Crippen molar-refractivity contribution in [2.24, 2.45) is 0 Å². The van der Waals surface area contributed by atoms with Crippen molar-refractivity contribution in [1.29, 1.82) is 0 Å². The van der Waals surface area contributed by atoms with Gasteiger partial charge in [0.05, 0.1) is 11.3 Å².